The number of carbonyl (C=O) groups is 1. The van der Waals surface area contributed by atoms with Gasteiger partial charge in [0.1, 0.15) is 0 Å². The molecule has 20 heavy (non-hydrogen) atoms. The van der Waals surface area contributed by atoms with Gasteiger partial charge < -0.3 is 10.6 Å². The summed E-state index contributed by atoms with van der Waals surface area (Å²) in [6.45, 7) is 2.70. The largest absolute Gasteiger partial charge is 0.381 e. The van der Waals surface area contributed by atoms with Crippen LogP contribution in [0.4, 0.5) is 5.69 Å². The van der Waals surface area contributed by atoms with E-state index in [0.717, 1.165) is 21.8 Å². The maximum absolute atomic E-state index is 11.6. The fourth-order valence-corrected chi connectivity index (χ4v) is 2.02. The Labute approximate surface area is 124 Å². The summed E-state index contributed by atoms with van der Waals surface area (Å²) in [6.07, 6.45) is 0. The lowest BCUT2D eigenvalue weighted by Gasteiger charge is -2.11. The molecule has 3 nitrogen and oxygen atoms in total. The molecule has 0 saturated heterocycles. The van der Waals surface area contributed by atoms with Crippen molar-refractivity contribution < 1.29 is 4.79 Å². The van der Waals surface area contributed by atoms with Crippen LogP contribution >= 0.6 is 11.6 Å². The summed E-state index contributed by atoms with van der Waals surface area (Å²) in [6, 6.07) is 13.3. The summed E-state index contributed by atoms with van der Waals surface area (Å²) in [5.74, 6) is -0.0838. The molecule has 2 N–H and O–H groups in total. The van der Waals surface area contributed by atoms with Gasteiger partial charge in [0.2, 0.25) is 0 Å². The minimum Gasteiger partial charge on any atom is -0.381 e. The van der Waals surface area contributed by atoms with E-state index in [0.29, 0.717) is 12.1 Å². The Morgan fingerprint density at radius 2 is 1.85 bits per heavy atom. The highest BCUT2D eigenvalue weighted by Gasteiger charge is 2.06. The maximum Gasteiger partial charge on any atom is 0.251 e. The van der Waals surface area contributed by atoms with Crippen LogP contribution in [-0.4, -0.2) is 13.0 Å². The van der Waals surface area contributed by atoms with Crippen molar-refractivity contribution in [2.45, 2.75) is 13.5 Å². The van der Waals surface area contributed by atoms with Crippen molar-refractivity contribution in [3.8, 4) is 0 Å². The van der Waals surface area contributed by atoms with E-state index in [4.69, 9.17) is 11.6 Å². The zero-order valence-electron chi connectivity index (χ0n) is 11.5. The highest BCUT2D eigenvalue weighted by Crippen LogP contribution is 2.18. The molecule has 0 saturated carbocycles. The fraction of sp³-hybridized carbons (Fsp3) is 0.188. The Bertz CT molecular complexity index is 608. The van der Waals surface area contributed by atoms with Crippen LogP contribution in [0.1, 0.15) is 21.5 Å². The monoisotopic (exact) mass is 288 g/mol. The molecule has 4 heteroatoms. The van der Waals surface area contributed by atoms with Crippen molar-refractivity contribution >= 4 is 23.2 Å². The van der Waals surface area contributed by atoms with Crippen LogP contribution in [0.25, 0.3) is 0 Å². The summed E-state index contributed by atoms with van der Waals surface area (Å²) < 4.78 is 0. The molecule has 0 aromatic heterocycles. The van der Waals surface area contributed by atoms with E-state index >= 15 is 0 Å². The Kier molecular flexibility index (Phi) is 4.64. The maximum atomic E-state index is 11.6. The molecule has 0 atom stereocenters. The average Bonchev–Trinajstić information content (AvgIpc) is 2.47. The van der Waals surface area contributed by atoms with Crippen LogP contribution in [0.15, 0.2) is 42.5 Å². The minimum absolute atomic E-state index is 0.0838. The molecule has 2 aromatic rings. The lowest BCUT2D eigenvalue weighted by atomic mass is 10.1. The van der Waals surface area contributed by atoms with Crippen molar-refractivity contribution in [3.05, 3.63) is 64.2 Å². The van der Waals surface area contributed by atoms with Gasteiger partial charge in [0.15, 0.2) is 0 Å². The molecule has 0 bridgehead atoms. The van der Waals surface area contributed by atoms with Gasteiger partial charge in [0.25, 0.3) is 5.91 Å². The van der Waals surface area contributed by atoms with E-state index in [9.17, 15) is 4.79 Å². The first-order valence-electron chi connectivity index (χ1n) is 6.41. The van der Waals surface area contributed by atoms with Crippen LogP contribution in [0.2, 0.25) is 5.02 Å². The van der Waals surface area contributed by atoms with Gasteiger partial charge in [0.05, 0.1) is 0 Å². The number of anilines is 1. The number of halogens is 1. The predicted molar refractivity (Wildman–Crippen MR) is 83.3 cm³/mol. The molecule has 0 aliphatic rings. The first kappa shape index (κ1) is 14.4. The van der Waals surface area contributed by atoms with E-state index in [1.165, 1.54) is 0 Å². The number of aryl methyl sites for hydroxylation is 1. The minimum atomic E-state index is -0.0838. The van der Waals surface area contributed by atoms with E-state index < -0.39 is 0 Å². The third-order valence-electron chi connectivity index (χ3n) is 3.12. The number of carbonyl (C=O) groups excluding carboxylic acids is 1. The summed E-state index contributed by atoms with van der Waals surface area (Å²) in [5.41, 5.74) is 3.85. The summed E-state index contributed by atoms with van der Waals surface area (Å²) >= 11 is 5.86. The molecule has 0 fully saturated rings. The van der Waals surface area contributed by atoms with Crippen molar-refractivity contribution in [2.24, 2.45) is 0 Å². The van der Waals surface area contributed by atoms with E-state index in [-0.39, 0.29) is 5.91 Å². The molecule has 2 aromatic carbocycles. The molecular weight excluding hydrogens is 272 g/mol. The van der Waals surface area contributed by atoms with E-state index in [1.54, 1.807) is 7.05 Å². The zero-order valence-corrected chi connectivity index (χ0v) is 12.3. The normalized spacial score (nSPS) is 10.2. The lowest BCUT2D eigenvalue weighted by Crippen LogP contribution is -2.18. The van der Waals surface area contributed by atoms with Crippen LogP contribution in [-0.2, 0) is 6.54 Å². The Morgan fingerprint density at radius 1 is 1.15 bits per heavy atom. The van der Waals surface area contributed by atoms with Gasteiger partial charge in [-0.15, -0.1) is 0 Å². The molecule has 0 unspecified atom stereocenters. The van der Waals surface area contributed by atoms with Gasteiger partial charge in [-0.25, -0.2) is 0 Å². The average molecular weight is 289 g/mol. The number of benzene rings is 2. The highest BCUT2D eigenvalue weighted by atomic mass is 35.5. The fourth-order valence-electron chi connectivity index (χ4n) is 1.90. The number of amides is 1. The van der Waals surface area contributed by atoms with Gasteiger partial charge in [0, 0.05) is 29.9 Å². The van der Waals surface area contributed by atoms with Crippen molar-refractivity contribution in [3.63, 3.8) is 0 Å². The smallest absolute Gasteiger partial charge is 0.251 e. The topological polar surface area (TPSA) is 41.1 Å². The van der Waals surface area contributed by atoms with Gasteiger partial charge in [-0.05, 0) is 42.3 Å². The van der Waals surface area contributed by atoms with Crippen LogP contribution in [0.5, 0.6) is 0 Å². The number of nitrogens with one attached hydrogen (secondary N) is 2. The third kappa shape index (κ3) is 3.52. The highest BCUT2D eigenvalue weighted by molar-refractivity contribution is 6.30. The van der Waals surface area contributed by atoms with Gasteiger partial charge in [-0.1, -0.05) is 29.8 Å². The van der Waals surface area contributed by atoms with E-state index in [2.05, 4.69) is 10.6 Å². The summed E-state index contributed by atoms with van der Waals surface area (Å²) in [7, 11) is 1.63. The molecule has 2 rings (SSSR count). The summed E-state index contributed by atoms with van der Waals surface area (Å²) in [5, 5.41) is 6.70. The van der Waals surface area contributed by atoms with Gasteiger partial charge in [-0.2, -0.15) is 0 Å². The molecule has 0 heterocycles. The van der Waals surface area contributed by atoms with Crippen LogP contribution in [0.3, 0.4) is 0 Å². The SMILES string of the molecule is CNC(=O)c1ccc(C)c(NCc2ccc(Cl)cc2)c1. The molecular formula is C16H17ClN2O. The van der Waals surface area contributed by atoms with Gasteiger partial charge in [-0.3, -0.25) is 4.79 Å². The summed E-state index contributed by atoms with van der Waals surface area (Å²) in [4.78, 5) is 11.6. The zero-order chi connectivity index (χ0) is 14.5. The predicted octanol–water partition coefficient (Wildman–Crippen LogP) is 3.62. The molecule has 104 valence electrons. The molecule has 1 amide bonds. The first-order chi connectivity index (χ1) is 9.60. The van der Waals surface area contributed by atoms with Crippen LogP contribution < -0.4 is 10.6 Å². The lowest BCUT2D eigenvalue weighted by molar-refractivity contribution is 0.0963. The molecule has 0 aliphatic carbocycles. The van der Waals surface area contributed by atoms with Crippen molar-refractivity contribution in [1.29, 1.82) is 0 Å². The quantitative estimate of drug-likeness (QED) is 0.902. The number of rotatable bonds is 4. The molecule has 0 spiro atoms. The second kappa shape index (κ2) is 6.44. The number of hydrogen-bond donors (Lipinski definition) is 2. The Balaban J connectivity index is 2.12. The Morgan fingerprint density at radius 3 is 2.50 bits per heavy atom. The second-order valence-electron chi connectivity index (χ2n) is 4.59. The first-order valence-corrected chi connectivity index (χ1v) is 6.79. The van der Waals surface area contributed by atoms with Gasteiger partial charge >= 0.3 is 0 Å². The third-order valence-corrected chi connectivity index (χ3v) is 3.38. The molecule has 0 aliphatic heterocycles. The standard InChI is InChI=1S/C16H17ClN2O/c1-11-3-6-13(16(20)18-2)9-15(11)19-10-12-4-7-14(17)8-5-12/h3-9,19H,10H2,1-2H3,(H,18,20). The molecule has 0 radical (unpaired) electrons. The van der Waals surface area contributed by atoms with Crippen molar-refractivity contribution in [1.82, 2.24) is 5.32 Å². The number of hydrogen-bond acceptors (Lipinski definition) is 2. The van der Waals surface area contributed by atoms with Crippen LogP contribution in [0, 0.1) is 6.92 Å². The second-order valence-corrected chi connectivity index (χ2v) is 5.03. The Hall–Kier alpha value is -2.00. The van der Waals surface area contributed by atoms with E-state index in [1.807, 2.05) is 49.4 Å². The van der Waals surface area contributed by atoms with Crippen molar-refractivity contribution in [2.75, 3.05) is 12.4 Å².